The smallest absolute Gasteiger partial charge is 0.246 e. The van der Waals surface area contributed by atoms with E-state index in [9.17, 15) is 4.79 Å². The summed E-state index contributed by atoms with van der Waals surface area (Å²) in [5.74, 6) is 0.235. The number of nitrogens with zero attached hydrogens (tertiary/aromatic N) is 2. The lowest BCUT2D eigenvalue weighted by atomic mass is 10.2. The van der Waals surface area contributed by atoms with Crippen LogP contribution in [0.1, 0.15) is 5.56 Å². The Morgan fingerprint density at radius 2 is 2.21 bits per heavy atom. The number of aromatic nitrogens is 2. The molecule has 0 spiro atoms. The molecule has 100 valence electrons. The summed E-state index contributed by atoms with van der Waals surface area (Å²) in [7, 11) is 1.62. The molecule has 6 heteroatoms. The fraction of sp³-hybridized carbons (Fsp3) is 0.231. The number of nitrogen functional groups attached to an aromatic ring is 1. The predicted octanol–water partition coefficient (Wildman–Crippen LogP) is 1.25. The van der Waals surface area contributed by atoms with Crippen molar-refractivity contribution in [2.75, 3.05) is 18.2 Å². The van der Waals surface area contributed by atoms with Gasteiger partial charge in [-0.1, -0.05) is 18.2 Å². The van der Waals surface area contributed by atoms with Crippen LogP contribution in [0, 0.1) is 0 Å². The molecule has 6 nitrogen and oxygen atoms in total. The summed E-state index contributed by atoms with van der Waals surface area (Å²) in [6.45, 7) is 0.573. The van der Waals surface area contributed by atoms with Gasteiger partial charge in [-0.15, -0.1) is 0 Å². The lowest BCUT2D eigenvalue weighted by Crippen LogP contribution is -2.20. The Kier molecular flexibility index (Phi) is 4.15. The average Bonchev–Trinajstić information content (AvgIpc) is 2.77. The zero-order valence-corrected chi connectivity index (χ0v) is 10.7. The molecule has 19 heavy (non-hydrogen) atoms. The molecule has 0 unspecified atom stereocenters. The van der Waals surface area contributed by atoms with Gasteiger partial charge in [-0.05, 0) is 12.1 Å². The number of nitrogens with two attached hydrogens (primary N) is 1. The van der Waals surface area contributed by atoms with E-state index in [-0.39, 0.29) is 12.5 Å². The van der Waals surface area contributed by atoms with Gasteiger partial charge in [-0.3, -0.25) is 9.48 Å². The van der Waals surface area contributed by atoms with Gasteiger partial charge >= 0.3 is 0 Å². The number of para-hydroxylation sites is 1. The highest BCUT2D eigenvalue weighted by Gasteiger charge is 2.07. The molecule has 1 amide bonds. The van der Waals surface area contributed by atoms with E-state index in [1.54, 1.807) is 19.4 Å². The third kappa shape index (κ3) is 3.56. The standard InChI is InChI=1S/C13H16N4O2/c1-19-9-10-4-2-3-5-11(10)15-13(18)8-17-7-6-12(14)16-17/h2-7H,8-9H2,1H3,(H2,14,16)(H,15,18). The van der Waals surface area contributed by atoms with Crippen LogP contribution in [0.2, 0.25) is 0 Å². The molecule has 0 radical (unpaired) electrons. The second kappa shape index (κ2) is 6.01. The van der Waals surface area contributed by atoms with Gasteiger partial charge < -0.3 is 15.8 Å². The quantitative estimate of drug-likeness (QED) is 0.847. The average molecular weight is 260 g/mol. The van der Waals surface area contributed by atoms with Gasteiger partial charge in [0.25, 0.3) is 0 Å². The fourth-order valence-electron chi connectivity index (χ4n) is 1.73. The molecule has 0 saturated carbocycles. The Labute approximate surface area is 111 Å². The third-order valence-corrected chi connectivity index (χ3v) is 2.56. The second-order valence-corrected chi connectivity index (χ2v) is 4.08. The third-order valence-electron chi connectivity index (χ3n) is 2.56. The first-order valence-corrected chi connectivity index (χ1v) is 5.84. The monoisotopic (exact) mass is 260 g/mol. The maximum absolute atomic E-state index is 11.9. The summed E-state index contributed by atoms with van der Waals surface area (Å²) in [5.41, 5.74) is 7.16. The highest BCUT2D eigenvalue weighted by molar-refractivity contribution is 5.91. The minimum atomic E-state index is -0.161. The van der Waals surface area contributed by atoms with Gasteiger partial charge in [0.2, 0.25) is 5.91 Å². The minimum Gasteiger partial charge on any atom is -0.382 e. The molecule has 0 bridgehead atoms. The summed E-state index contributed by atoms with van der Waals surface area (Å²) in [5, 5.41) is 6.79. The molecule has 0 fully saturated rings. The molecule has 0 atom stereocenters. The molecule has 3 N–H and O–H groups in total. The Morgan fingerprint density at radius 1 is 1.42 bits per heavy atom. The number of amides is 1. The number of hydrogen-bond acceptors (Lipinski definition) is 4. The van der Waals surface area contributed by atoms with E-state index in [1.807, 2.05) is 24.3 Å². The number of anilines is 2. The Morgan fingerprint density at radius 3 is 2.89 bits per heavy atom. The van der Waals surface area contributed by atoms with Crippen molar-refractivity contribution in [2.45, 2.75) is 13.2 Å². The molecular weight excluding hydrogens is 244 g/mol. The Hall–Kier alpha value is -2.34. The molecule has 0 aliphatic carbocycles. The van der Waals surface area contributed by atoms with Crippen molar-refractivity contribution >= 4 is 17.4 Å². The summed E-state index contributed by atoms with van der Waals surface area (Å²) in [6.07, 6.45) is 1.66. The summed E-state index contributed by atoms with van der Waals surface area (Å²) in [4.78, 5) is 11.9. The van der Waals surface area contributed by atoms with Gasteiger partial charge in [0.15, 0.2) is 0 Å². The van der Waals surface area contributed by atoms with E-state index in [0.29, 0.717) is 12.4 Å². The number of rotatable bonds is 5. The van der Waals surface area contributed by atoms with E-state index >= 15 is 0 Å². The van der Waals surface area contributed by atoms with Crippen LogP contribution < -0.4 is 11.1 Å². The SMILES string of the molecule is COCc1ccccc1NC(=O)Cn1ccc(N)n1. The second-order valence-electron chi connectivity index (χ2n) is 4.08. The van der Waals surface area contributed by atoms with Crippen LogP contribution in [0.25, 0.3) is 0 Å². The van der Waals surface area contributed by atoms with Crippen molar-refractivity contribution in [2.24, 2.45) is 0 Å². The van der Waals surface area contributed by atoms with E-state index in [1.165, 1.54) is 4.68 Å². The number of carbonyl (C=O) groups excluding carboxylic acids is 1. The zero-order chi connectivity index (χ0) is 13.7. The van der Waals surface area contributed by atoms with Gasteiger partial charge in [0.05, 0.1) is 6.61 Å². The number of carbonyl (C=O) groups is 1. The van der Waals surface area contributed by atoms with Crippen LogP contribution in [0.4, 0.5) is 11.5 Å². The maximum atomic E-state index is 11.9. The summed E-state index contributed by atoms with van der Waals surface area (Å²) in [6, 6.07) is 9.15. The van der Waals surface area contributed by atoms with Crippen LogP contribution >= 0.6 is 0 Å². The molecule has 0 aliphatic heterocycles. The van der Waals surface area contributed by atoms with Crippen LogP contribution in [0.5, 0.6) is 0 Å². The minimum absolute atomic E-state index is 0.124. The van der Waals surface area contributed by atoms with Crippen molar-refractivity contribution in [1.29, 1.82) is 0 Å². The summed E-state index contributed by atoms with van der Waals surface area (Å²) >= 11 is 0. The first-order valence-electron chi connectivity index (χ1n) is 5.84. The molecule has 1 aromatic heterocycles. The largest absolute Gasteiger partial charge is 0.382 e. The fourth-order valence-corrected chi connectivity index (χ4v) is 1.73. The lowest BCUT2D eigenvalue weighted by Gasteiger charge is -2.10. The molecule has 2 rings (SSSR count). The van der Waals surface area contributed by atoms with Gasteiger partial charge in [0, 0.05) is 24.6 Å². The molecule has 1 heterocycles. The molecular formula is C13H16N4O2. The molecule has 0 saturated heterocycles. The van der Waals surface area contributed by atoms with E-state index < -0.39 is 0 Å². The van der Waals surface area contributed by atoms with Crippen molar-refractivity contribution in [3.8, 4) is 0 Å². The van der Waals surface area contributed by atoms with Crippen LogP contribution in [-0.4, -0.2) is 22.8 Å². The van der Waals surface area contributed by atoms with Crippen molar-refractivity contribution < 1.29 is 9.53 Å². The first-order chi connectivity index (χ1) is 9.19. The number of nitrogens with one attached hydrogen (secondary N) is 1. The first kappa shape index (κ1) is 13.1. The van der Waals surface area contributed by atoms with E-state index in [2.05, 4.69) is 10.4 Å². The van der Waals surface area contributed by atoms with Crippen molar-refractivity contribution in [3.63, 3.8) is 0 Å². The number of methoxy groups -OCH3 is 1. The van der Waals surface area contributed by atoms with Crippen molar-refractivity contribution in [1.82, 2.24) is 9.78 Å². The van der Waals surface area contributed by atoms with Crippen molar-refractivity contribution in [3.05, 3.63) is 42.1 Å². The highest BCUT2D eigenvalue weighted by Crippen LogP contribution is 2.15. The Bertz CT molecular complexity index is 565. The Balaban J connectivity index is 2.02. The number of ether oxygens (including phenoxy) is 1. The van der Waals surface area contributed by atoms with Gasteiger partial charge in [0.1, 0.15) is 12.4 Å². The number of hydrogen-bond donors (Lipinski definition) is 2. The topological polar surface area (TPSA) is 82.2 Å². The van der Waals surface area contributed by atoms with Crippen LogP contribution in [-0.2, 0) is 22.7 Å². The van der Waals surface area contributed by atoms with Gasteiger partial charge in [-0.2, -0.15) is 5.10 Å². The lowest BCUT2D eigenvalue weighted by molar-refractivity contribution is -0.116. The van der Waals surface area contributed by atoms with E-state index in [0.717, 1.165) is 11.3 Å². The van der Waals surface area contributed by atoms with Crippen LogP contribution in [0.15, 0.2) is 36.5 Å². The highest BCUT2D eigenvalue weighted by atomic mass is 16.5. The molecule has 1 aromatic carbocycles. The maximum Gasteiger partial charge on any atom is 0.246 e. The predicted molar refractivity (Wildman–Crippen MR) is 72.4 cm³/mol. The zero-order valence-electron chi connectivity index (χ0n) is 10.7. The van der Waals surface area contributed by atoms with Crippen LogP contribution in [0.3, 0.4) is 0 Å². The normalized spacial score (nSPS) is 10.4. The van der Waals surface area contributed by atoms with E-state index in [4.69, 9.17) is 10.5 Å². The molecule has 2 aromatic rings. The molecule has 0 aliphatic rings. The van der Waals surface area contributed by atoms with Gasteiger partial charge in [-0.25, -0.2) is 0 Å². The summed E-state index contributed by atoms with van der Waals surface area (Å²) < 4.78 is 6.58. The number of benzene rings is 1.